The molecule has 7 heteroatoms. The minimum Gasteiger partial charge on any atom is -0.478 e. The highest BCUT2D eigenvalue weighted by atomic mass is 16.6. The molecule has 0 amide bonds. The molecule has 0 saturated heterocycles. The first-order valence-corrected chi connectivity index (χ1v) is 7.95. The summed E-state index contributed by atoms with van der Waals surface area (Å²) < 4.78 is 5.53. The van der Waals surface area contributed by atoms with Crippen molar-refractivity contribution < 1.29 is 9.66 Å². The van der Waals surface area contributed by atoms with E-state index in [1.807, 2.05) is 38.1 Å². The summed E-state index contributed by atoms with van der Waals surface area (Å²) in [6.07, 6.45) is 1.68. The summed E-state index contributed by atoms with van der Waals surface area (Å²) in [4.78, 5) is 19.4. The quantitative estimate of drug-likeness (QED) is 0.542. The Labute approximate surface area is 144 Å². The normalized spacial score (nSPS) is 10.6. The third-order valence-corrected chi connectivity index (χ3v) is 3.74. The van der Waals surface area contributed by atoms with Gasteiger partial charge in [0.05, 0.1) is 11.5 Å². The molecule has 0 atom stereocenters. The summed E-state index contributed by atoms with van der Waals surface area (Å²) in [7, 11) is 0. The van der Waals surface area contributed by atoms with Gasteiger partial charge in [0.1, 0.15) is 0 Å². The third-order valence-electron chi connectivity index (χ3n) is 3.74. The highest BCUT2D eigenvalue weighted by Gasteiger charge is 2.16. The topological polar surface area (TPSA) is 90.2 Å². The third kappa shape index (κ3) is 3.50. The summed E-state index contributed by atoms with van der Waals surface area (Å²) >= 11 is 0. The minimum absolute atomic E-state index is 0.000586. The van der Waals surface area contributed by atoms with Crippen LogP contribution in [0.2, 0.25) is 0 Å². The lowest BCUT2D eigenvalue weighted by atomic mass is 10.1. The number of para-hydroxylation sites is 1. The van der Waals surface area contributed by atoms with Gasteiger partial charge in [-0.15, -0.1) is 0 Å². The zero-order chi connectivity index (χ0) is 17.8. The van der Waals surface area contributed by atoms with Crippen LogP contribution in [0.5, 0.6) is 5.88 Å². The Hall–Kier alpha value is -3.22. The molecule has 0 spiro atoms. The number of ether oxygens (including phenoxy) is 1. The van der Waals surface area contributed by atoms with Gasteiger partial charge in [-0.2, -0.15) is 0 Å². The molecule has 128 valence electrons. The van der Waals surface area contributed by atoms with E-state index in [1.54, 1.807) is 12.3 Å². The number of pyridine rings is 2. The minimum atomic E-state index is -0.410. The molecule has 0 fully saturated rings. The molecule has 0 aliphatic carbocycles. The molecule has 1 N–H and O–H groups in total. The van der Waals surface area contributed by atoms with Crippen LogP contribution in [0.4, 0.5) is 11.4 Å². The van der Waals surface area contributed by atoms with Gasteiger partial charge in [0, 0.05) is 41.1 Å². The first-order chi connectivity index (χ1) is 12.1. The monoisotopic (exact) mass is 338 g/mol. The molecule has 1 aromatic carbocycles. The first-order valence-electron chi connectivity index (χ1n) is 7.95. The molecular weight excluding hydrogens is 320 g/mol. The van der Waals surface area contributed by atoms with E-state index in [2.05, 4.69) is 15.3 Å². The summed E-state index contributed by atoms with van der Waals surface area (Å²) in [6, 6.07) is 10.6. The summed E-state index contributed by atoms with van der Waals surface area (Å²) in [5.74, 6) is 0.582. The molecule has 0 aliphatic heterocycles. The standard InChI is InChI=1S/C18H18N4O3/c1-3-25-18-13(6-5-9-19-18)11-20-15-10-12(2)21-17-14(15)7-4-8-16(17)22(23)24/h4-10H,3,11H2,1-2H3,(H,20,21). The Morgan fingerprint density at radius 1 is 1.28 bits per heavy atom. The number of fused-ring (bicyclic) bond motifs is 1. The number of non-ortho nitro benzene ring substituents is 1. The second kappa shape index (κ2) is 7.12. The Balaban J connectivity index is 1.97. The Bertz CT molecular complexity index is 927. The largest absolute Gasteiger partial charge is 0.478 e. The SMILES string of the molecule is CCOc1ncccc1CNc1cc(C)nc2c([N+](=O)[O-])cccc12. The van der Waals surface area contributed by atoms with E-state index >= 15 is 0 Å². The van der Waals surface area contributed by atoms with E-state index in [1.165, 1.54) is 6.07 Å². The van der Waals surface area contributed by atoms with Crippen LogP contribution in [0, 0.1) is 17.0 Å². The van der Waals surface area contributed by atoms with Gasteiger partial charge in [0.25, 0.3) is 5.69 Å². The van der Waals surface area contributed by atoms with Crippen molar-refractivity contribution in [3.63, 3.8) is 0 Å². The molecule has 2 aromatic heterocycles. The smallest absolute Gasteiger partial charge is 0.295 e. The van der Waals surface area contributed by atoms with Crippen LogP contribution in [0.15, 0.2) is 42.6 Å². The predicted molar refractivity (Wildman–Crippen MR) is 95.9 cm³/mol. The van der Waals surface area contributed by atoms with Crippen LogP contribution in [0.1, 0.15) is 18.2 Å². The average Bonchev–Trinajstić information content (AvgIpc) is 2.60. The molecule has 0 radical (unpaired) electrons. The van der Waals surface area contributed by atoms with Gasteiger partial charge in [-0.1, -0.05) is 18.2 Å². The summed E-state index contributed by atoms with van der Waals surface area (Å²) in [5.41, 5.74) is 2.79. The molecule has 3 aromatic rings. The number of benzene rings is 1. The molecule has 0 bridgehead atoms. The molecule has 0 aliphatic rings. The van der Waals surface area contributed by atoms with E-state index in [4.69, 9.17) is 4.74 Å². The molecule has 2 heterocycles. The average molecular weight is 338 g/mol. The molecular formula is C18H18N4O3. The number of nitro groups is 1. The molecule has 25 heavy (non-hydrogen) atoms. The van der Waals surface area contributed by atoms with Gasteiger partial charge in [0.2, 0.25) is 5.88 Å². The predicted octanol–water partition coefficient (Wildman–Crippen LogP) is 3.86. The number of aromatic nitrogens is 2. The highest BCUT2D eigenvalue weighted by molar-refractivity contribution is 5.96. The van der Waals surface area contributed by atoms with Crippen LogP contribution in [0.25, 0.3) is 10.9 Å². The second-order valence-electron chi connectivity index (χ2n) is 5.50. The van der Waals surface area contributed by atoms with Crippen molar-refractivity contribution in [3.05, 3.63) is 64.0 Å². The zero-order valence-electron chi connectivity index (χ0n) is 14.0. The van der Waals surface area contributed by atoms with Crippen molar-refractivity contribution >= 4 is 22.3 Å². The number of aryl methyl sites for hydroxylation is 1. The lowest BCUT2D eigenvalue weighted by Gasteiger charge is -2.13. The van der Waals surface area contributed by atoms with Gasteiger partial charge in [0.15, 0.2) is 5.52 Å². The van der Waals surface area contributed by atoms with Gasteiger partial charge in [-0.3, -0.25) is 10.1 Å². The summed E-state index contributed by atoms with van der Waals surface area (Å²) in [5, 5.41) is 15.3. The number of anilines is 1. The van der Waals surface area contributed by atoms with Crippen molar-refractivity contribution in [3.8, 4) is 5.88 Å². The molecule has 0 saturated carbocycles. The Morgan fingerprint density at radius 2 is 2.12 bits per heavy atom. The first kappa shape index (κ1) is 16.6. The van der Waals surface area contributed by atoms with Crippen molar-refractivity contribution in [2.75, 3.05) is 11.9 Å². The van der Waals surface area contributed by atoms with Crippen molar-refractivity contribution in [1.29, 1.82) is 0 Å². The fraction of sp³-hybridized carbons (Fsp3) is 0.222. The van der Waals surface area contributed by atoms with E-state index < -0.39 is 4.92 Å². The maximum Gasteiger partial charge on any atom is 0.295 e. The number of nitro benzene ring substituents is 1. The number of hydrogen-bond donors (Lipinski definition) is 1. The van der Waals surface area contributed by atoms with E-state index in [0.717, 1.165) is 11.3 Å². The second-order valence-corrected chi connectivity index (χ2v) is 5.50. The van der Waals surface area contributed by atoms with E-state index in [-0.39, 0.29) is 5.69 Å². The molecule has 3 rings (SSSR count). The van der Waals surface area contributed by atoms with Crippen LogP contribution in [0.3, 0.4) is 0 Å². The maximum absolute atomic E-state index is 11.3. The number of rotatable bonds is 6. The highest BCUT2D eigenvalue weighted by Crippen LogP contribution is 2.30. The van der Waals surface area contributed by atoms with Gasteiger partial charge >= 0.3 is 0 Å². The fourth-order valence-electron chi connectivity index (χ4n) is 2.67. The maximum atomic E-state index is 11.3. The van der Waals surface area contributed by atoms with Gasteiger partial charge < -0.3 is 10.1 Å². The fourth-order valence-corrected chi connectivity index (χ4v) is 2.67. The van der Waals surface area contributed by atoms with Gasteiger partial charge in [-0.25, -0.2) is 9.97 Å². The van der Waals surface area contributed by atoms with Crippen LogP contribution >= 0.6 is 0 Å². The van der Waals surface area contributed by atoms with E-state index in [9.17, 15) is 10.1 Å². The number of nitrogens with zero attached hydrogens (tertiary/aromatic N) is 3. The molecule has 0 unspecified atom stereocenters. The lowest BCUT2D eigenvalue weighted by Crippen LogP contribution is -2.05. The zero-order valence-corrected chi connectivity index (χ0v) is 14.0. The number of hydrogen-bond acceptors (Lipinski definition) is 6. The van der Waals surface area contributed by atoms with Crippen molar-refractivity contribution in [2.24, 2.45) is 0 Å². The van der Waals surface area contributed by atoms with E-state index in [0.29, 0.717) is 35.6 Å². The van der Waals surface area contributed by atoms with Crippen molar-refractivity contribution in [2.45, 2.75) is 20.4 Å². The van der Waals surface area contributed by atoms with Crippen LogP contribution in [-0.2, 0) is 6.54 Å². The van der Waals surface area contributed by atoms with Gasteiger partial charge in [-0.05, 0) is 26.0 Å². The number of nitrogens with one attached hydrogen (secondary N) is 1. The van der Waals surface area contributed by atoms with Crippen LogP contribution in [-0.4, -0.2) is 21.5 Å². The molecule has 7 nitrogen and oxygen atoms in total. The Morgan fingerprint density at radius 3 is 2.88 bits per heavy atom. The van der Waals surface area contributed by atoms with Crippen molar-refractivity contribution in [1.82, 2.24) is 9.97 Å². The Kier molecular flexibility index (Phi) is 4.74. The summed E-state index contributed by atoms with van der Waals surface area (Å²) in [6.45, 7) is 4.75. The lowest BCUT2D eigenvalue weighted by molar-refractivity contribution is -0.383. The van der Waals surface area contributed by atoms with Crippen LogP contribution < -0.4 is 10.1 Å².